The van der Waals surface area contributed by atoms with Crippen molar-refractivity contribution in [2.45, 2.75) is 68.2 Å². The van der Waals surface area contributed by atoms with Crippen LogP contribution in [0.25, 0.3) is 0 Å². The van der Waals surface area contributed by atoms with Crippen LogP contribution < -0.4 is 0 Å². The molecule has 2 rings (SSSR count). The van der Waals surface area contributed by atoms with Gasteiger partial charge in [-0.2, -0.15) is 0 Å². The van der Waals surface area contributed by atoms with Crippen LogP contribution >= 0.6 is 0 Å². The molecule has 0 saturated carbocycles. The standard InChI is InChI=1S/C14H25NO11/c1-4(18)15(13-11(23)9(21)7(19)5(2-16)25-13)14-12(24)10(22)8(20)6(3-17)26-14/h5-14,16-17,19-24H,2-3H2,1H3/t5-,6-,7-,8-,9+,10+,11-,12-,13-,14-/m1/s1. The second-order valence-corrected chi connectivity index (χ2v) is 6.37. The lowest BCUT2D eigenvalue weighted by Gasteiger charge is -2.50. The van der Waals surface area contributed by atoms with Gasteiger partial charge in [-0.05, 0) is 0 Å². The molecule has 0 aromatic carbocycles. The first-order chi connectivity index (χ1) is 12.1. The van der Waals surface area contributed by atoms with Crippen molar-refractivity contribution in [1.29, 1.82) is 0 Å². The molecule has 0 radical (unpaired) electrons. The molecule has 8 N–H and O–H groups in total. The molecule has 0 spiro atoms. The van der Waals surface area contributed by atoms with E-state index >= 15 is 0 Å². The van der Waals surface area contributed by atoms with Gasteiger partial charge in [-0.1, -0.05) is 0 Å². The Kier molecular flexibility index (Phi) is 6.90. The lowest BCUT2D eigenvalue weighted by molar-refractivity contribution is -0.315. The summed E-state index contributed by atoms with van der Waals surface area (Å²) >= 11 is 0. The normalized spacial score (nSPS) is 46.8. The number of carbonyl (C=O) groups is 1. The van der Waals surface area contributed by atoms with Crippen LogP contribution in [-0.2, 0) is 14.3 Å². The second-order valence-electron chi connectivity index (χ2n) is 6.37. The predicted octanol–water partition coefficient (Wildman–Crippen LogP) is -5.57. The highest BCUT2D eigenvalue weighted by atomic mass is 16.6. The highest BCUT2D eigenvalue weighted by molar-refractivity contribution is 5.74. The Labute approximate surface area is 148 Å². The van der Waals surface area contributed by atoms with Gasteiger partial charge >= 0.3 is 0 Å². The van der Waals surface area contributed by atoms with Crippen LogP contribution in [0.2, 0.25) is 0 Å². The maximum absolute atomic E-state index is 12.1. The topological polar surface area (TPSA) is 201 Å². The van der Waals surface area contributed by atoms with E-state index in [1.165, 1.54) is 0 Å². The number of rotatable bonds is 4. The molecular formula is C14H25NO11. The first-order valence-electron chi connectivity index (χ1n) is 8.05. The molecule has 0 bridgehead atoms. The van der Waals surface area contributed by atoms with Gasteiger partial charge in [0.25, 0.3) is 0 Å². The summed E-state index contributed by atoms with van der Waals surface area (Å²) < 4.78 is 10.6. The number of hydrogen-bond acceptors (Lipinski definition) is 11. The van der Waals surface area contributed by atoms with Crippen molar-refractivity contribution in [3.05, 3.63) is 0 Å². The quantitative estimate of drug-likeness (QED) is 0.230. The Morgan fingerprint density at radius 3 is 1.35 bits per heavy atom. The zero-order valence-electron chi connectivity index (χ0n) is 13.9. The summed E-state index contributed by atoms with van der Waals surface area (Å²) in [5.41, 5.74) is 0. The predicted molar refractivity (Wildman–Crippen MR) is 80.1 cm³/mol. The van der Waals surface area contributed by atoms with Crippen LogP contribution in [0.15, 0.2) is 0 Å². The Hall–Kier alpha value is -0.930. The Morgan fingerprint density at radius 1 is 0.731 bits per heavy atom. The monoisotopic (exact) mass is 383 g/mol. The summed E-state index contributed by atoms with van der Waals surface area (Å²) in [6.07, 6.45) is -16.5. The molecule has 152 valence electrons. The van der Waals surface area contributed by atoms with Crippen molar-refractivity contribution >= 4 is 5.91 Å². The maximum atomic E-state index is 12.1. The summed E-state index contributed by atoms with van der Waals surface area (Å²) in [5.74, 6) is -0.807. The number of aliphatic hydroxyl groups is 8. The minimum absolute atomic E-state index is 0.671. The minimum atomic E-state index is -1.83. The van der Waals surface area contributed by atoms with Crippen LogP contribution in [0, 0.1) is 0 Å². The molecule has 2 saturated heterocycles. The average molecular weight is 383 g/mol. The van der Waals surface area contributed by atoms with E-state index in [4.69, 9.17) is 9.47 Å². The fourth-order valence-corrected chi connectivity index (χ4v) is 3.13. The molecule has 0 aromatic rings. The van der Waals surface area contributed by atoms with Gasteiger partial charge in [0.05, 0.1) is 13.2 Å². The van der Waals surface area contributed by atoms with Crippen molar-refractivity contribution in [3.63, 3.8) is 0 Å². The number of hydrogen-bond donors (Lipinski definition) is 8. The first kappa shape index (κ1) is 21.4. The van der Waals surface area contributed by atoms with Gasteiger partial charge in [-0.15, -0.1) is 0 Å². The van der Waals surface area contributed by atoms with Gasteiger partial charge < -0.3 is 50.3 Å². The molecule has 10 atom stereocenters. The molecule has 2 fully saturated rings. The van der Waals surface area contributed by atoms with Crippen molar-refractivity contribution in [2.75, 3.05) is 13.2 Å². The van der Waals surface area contributed by atoms with Crippen molar-refractivity contribution < 1.29 is 55.1 Å². The molecule has 1 amide bonds. The number of ether oxygens (including phenoxy) is 2. The smallest absolute Gasteiger partial charge is 0.223 e. The third kappa shape index (κ3) is 3.71. The second kappa shape index (κ2) is 8.39. The first-order valence-corrected chi connectivity index (χ1v) is 8.05. The van der Waals surface area contributed by atoms with Gasteiger partial charge in [0.2, 0.25) is 5.91 Å². The molecular weight excluding hydrogens is 358 g/mol. The fourth-order valence-electron chi connectivity index (χ4n) is 3.13. The fraction of sp³-hybridized carbons (Fsp3) is 0.929. The van der Waals surface area contributed by atoms with E-state index in [1.807, 2.05) is 0 Å². The minimum Gasteiger partial charge on any atom is -0.394 e. The molecule has 12 heteroatoms. The molecule has 26 heavy (non-hydrogen) atoms. The van der Waals surface area contributed by atoms with E-state index in [0.29, 0.717) is 4.90 Å². The average Bonchev–Trinajstić information content (AvgIpc) is 2.61. The van der Waals surface area contributed by atoms with Gasteiger partial charge in [0.15, 0.2) is 12.5 Å². The molecule has 0 unspecified atom stereocenters. The summed E-state index contributed by atoms with van der Waals surface area (Å²) in [5, 5.41) is 78.3. The number of nitrogens with zero attached hydrogens (tertiary/aromatic N) is 1. The Morgan fingerprint density at radius 2 is 1.08 bits per heavy atom. The maximum Gasteiger partial charge on any atom is 0.223 e. The highest BCUT2D eigenvalue weighted by Gasteiger charge is 2.53. The van der Waals surface area contributed by atoms with E-state index in [9.17, 15) is 45.6 Å². The molecule has 12 nitrogen and oxygen atoms in total. The van der Waals surface area contributed by atoms with Crippen LogP contribution in [-0.4, -0.2) is 126 Å². The van der Waals surface area contributed by atoms with Gasteiger partial charge in [-0.25, -0.2) is 0 Å². The zero-order valence-corrected chi connectivity index (χ0v) is 13.9. The lowest BCUT2D eigenvalue weighted by atomic mass is 9.95. The van der Waals surface area contributed by atoms with Crippen LogP contribution in [0.4, 0.5) is 0 Å². The van der Waals surface area contributed by atoms with Crippen LogP contribution in [0.3, 0.4) is 0 Å². The van der Waals surface area contributed by atoms with Crippen molar-refractivity contribution in [1.82, 2.24) is 4.90 Å². The lowest BCUT2D eigenvalue weighted by Crippen LogP contribution is -2.70. The van der Waals surface area contributed by atoms with Crippen LogP contribution in [0.5, 0.6) is 0 Å². The van der Waals surface area contributed by atoms with Crippen molar-refractivity contribution in [2.24, 2.45) is 0 Å². The number of carbonyl (C=O) groups excluding carboxylic acids is 1. The Bertz CT molecular complexity index is 454. The SMILES string of the molecule is CC(=O)N([C@@H]1O[C@H](CO)[C@@H](O)[C@H](O)[C@H]1O)[C@@H]1O[C@H](CO)[C@@H](O)[C@H](O)[C@H]1O. The summed E-state index contributed by atoms with van der Waals surface area (Å²) in [4.78, 5) is 12.8. The summed E-state index contributed by atoms with van der Waals surface area (Å²) in [7, 11) is 0. The third-order valence-corrected chi connectivity index (χ3v) is 4.65. The van der Waals surface area contributed by atoms with E-state index in [2.05, 4.69) is 0 Å². The molecule has 2 heterocycles. The molecule has 2 aliphatic heterocycles. The van der Waals surface area contributed by atoms with Gasteiger partial charge in [0.1, 0.15) is 48.8 Å². The van der Waals surface area contributed by atoms with E-state index < -0.39 is 80.4 Å². The van der Waals surface area contributed by atoms with E-state index in [-0.39, 0.29) is 0 Å². The van der Waals surface area contributed by atoms with E-state index in [0.717, 1.165) is 6.92 Å². The molecule has 2 aliphatic rings. The largest absolute Gasteiger partial charge is 0.394 e. The third-order valence-electron chi connectivity index (χ3n) is 4.65. The van der Waals surface area contributed by atoms with Crippen molar-refractivity contribution in [3.8, 4) is 0 Å². The number of amides is 1. The molecule has 0 aliphatic carbocycles. The van der Waals surface area contributed by atoms with Gasteiger partial charge in [-0.3, -0.25) is 9.69 Å². The van der Waals surface area contributed by atoms with Crippen LogP contribution in [0.1, 0.15) is 6.92 Å². The van der Waals surface area contributed by atoms with Gasteiger partial charge in [0, 0.05) is 6.92 Å². The van der Waals surface area contributed by atoms with E-state index in [1.54, 1.807) is 0 Å². The highest BCUT2D eigenvalue weighted by Crippen LogP contribution is 2.30. The summed E-state index contributed by atoms with van der Waals surface area (Å²) in [6, 6.07) is 0. The Balaban J connectivity index is 2.34. The molecule has 0 aromatic heterocycles. The summed E-state index contributed by atoms with van der Waals surface area (Å²) in [6.45, 7) is -0.438. The number of aliphatic hydroxyl groups excluding tert-OH is 8. The zero-order chi connectivity index (χ0) is 19.8.